The van der Waals surface area contributed by atoms with Crippen molar-refractivity contribution in [1.29, 1.82) is 0 Å². The van der Waals surface area contributed by atoms with Crippen molar-refractivity contribution >= 4 is 19.2 Å². The largest absolute Gasteiger partial charge is 0.476 e. The third-order valence-corrected chi connectivity index (χ3v) is 3.02. The van der Waals surface area contributed by atoms with E-state index in [1.54, 1.807) is 22.6 Å². The Morgan fingerprint density at radius 3 is 2.79 bits per heavy atom. The molecule has 0 amide bonds. The molecule has 2 rings (SSSR count). The zero-order valence-corrected chi connectivity index (χ0v) is 10.6. The molecule has 100 valence electrons. The summed E-state index contributed by atoms with van der Waals surface area (Å²) in [5.74, 6) is -0.304. The van der Waals surface area contributed by atoms with Crippen LogP contribution in [0.4, 0.5) is 0 Å². The minimum atomic E-state index is -4.17. The number of carboxylic acid groups (broad SMARTS) is 1. The van der Waals surface area contributed by atoms with Crippen molar-refractivity contribution in [3.63, 3.8) is 0 Å². The summed E-state index contributed by atoms with van der Waals surface area (Å²) in [4.78, 5) is 32.2. The smallest absolute Gasteiger partial charge is 0.356 e. The van der Waals surface area contributed by atoms with Gasteiger partial charge in [-0.2, -0.15) is 0 Å². The van der Waals surface area contributed by atoms with E-state index in [0.717, 1.165) is 5.82 Å². The Balaban J connectivity index is 2.36. The second-order valence-corrected chi connectivity index (χ2v) is 5.33. The lowest BCUT2D eigenvalue weighted by atomic mass is 10.2. The van der Waals surface area contributed by atoms with E-state index in [1.165, 1.54) is 12.3 Å². The van der Waals surface area contributed by atoms with Crippen LogP contribution in [0.2, 0.25) is 0 Å². The Hall–Kier alpha value is -1.95. The number of hydrogen-bond acceptors (Lipinski definition) is 3. The molecule has 0 spiro atoms. The van der Waals surface area contributed by atoms with Gasteiger partial charge in [0.1, 0.15) is 5.65 Å². The van der Waals surface area contributed by atoms with E-state index in [-0.39, 0.29) is 12.1 Å². The zero-order chi connectivity index (χ0) is 14.0. The fourth-order valence-corrected chi connectivity index (χ4v) is 2.03. The lowest BCUT2D eigenvalue weighted by Crippen LogP contribution is -1.95. The number of carboxylic acids is 1. The molecule has 2 heterocycles. The Morgan fingerprint density at radius 1 is 1.42 bits per heavy atom. The van der Waals surface area contributed by atoms with Gasteiger partial charge in [-0.05, 0) is 12.1 Å². The number of hydrogen-bond donors (Lipinski definition) is 3. The van der Waals surface area contributed by atoms with Gasteiger partial charge in [-0.25, -0.2) is 9.78 Å². The number of aromatic carboxylic acids is 1. The van der Waals surface area contributed by atoms with E-state index >= 15 is 0 Å². The first-order valence-electron chi connectivity index (χ1n) is 5.30. The summed E-state index contributed by atoms with van der Waals surface area (Å²) in [6.45, 7) is 0. The van der Waals surface area contributed by atoms with Crippen molar-refractivity contribution in [3.8, 4) is 0 Å². The summed E-state index contributed by atoms with van der Waals surface area (Å²) in [6.07, 6.45) is 2.98. The van der Waals surface area contributed by atoms with Crippen molar-refractivity contribution in [2.75, 3.05) is 0 Å². The van der Waals surface area contributed by atoms with Crippen molar-refractivity contribution in [2.24, 2.45) is 0 Å². The number of pyridine rings is 1. The number of allylic oxidation sites excluding steroid dienone is 1. The number of carbonyl (C=O) groups is 1. The fraction of sp³-hybridized carbons (Fsp3) is 0.0909. The summed E-state index contributed by atoms with van der Waals surface area (Å²) in [7, 11) is -4.17. The van der Waals surface area contributed by atoms with Crippen LogP contribution in [-0.2, 0) is 11.0 Å². The molecule has 0 aromatic carbocycles. The minimum absolute atomic E-state index is 0.0774. The average molecular weight is 282 g/mol. The molecule has 0 aliphatic carbocycles. The highest BCUT2D eigenvalue weighted by Crippen LogP contribution is 2.35. The van der Waals surface area contributed by atoms with Gasteiger partial charge in [-0.1, -0.05) is 12.1 Å². The van der Waals surface area contributed by atoms with Crippen LogP contribution in [0.15, 0.2) is 36.3 Å². The molecule has 8 heteroatoms. The first kappa shape index (κ1) is 13.5. The molecule has 0 aliphatic heterocycles. The number of fused-ring (bicyclic) bond motifs is 1. The molecular formula is C11H11N2O5P. The highest BCUT2D eigenvalue weighted by Gasteiger charge is 2.10. The third kappa shape index (κ3) is 3.29. The maximum Gasteiger partial charge on any atom is 0.356 e. The minimum Gasteiger partial charge on any atom is -0.476 e. The molecule has 0 atom stereocenters. The molecule has 2 aromatic heterocycles. The van der Waals surface area contributed by atoms with Gasteiger partial charge in [0.15, 0.2) is 5.69 Å². The van der Waals surface area contributed by atoms with E-state index in [0.29, 0.717) is 11.3 Å². The molecule has 3 N–H and O–H groups in total. The third-order valence-electron chi connectivity index (χ3n) is 2.42. The topological polar surface area (TPSA) is 112 Å². The van der Waals surface area contributed by atoms with Crippen LogP contribution in [0, 0.1) is 0 Å². The van der Waals surface area contributed by atoms with Crippen LogP contribution < -0.4 is 0 Å². The van der Waals surface area contributed by atoms with Gasteiger partial charge in [0.05, 0.1) is 0 Å². The Bertz CT molecular complexity index is 700. The average Bonchev–Trinajstić information content (AvgIpc) is 2.72. The molecule has 0 bridgehead atoms. The summed E-state index contributed by atoms with van der Waals surface area (Å²) >= 11 is 0. The molecule has 0 fully saturated rings. The highest BCUT2D eigenvalue weighted by atomic mass is 31.2. The molecule has 0 unspecified atom stereocenters. The lowest BCUT2D eigenvalue weighted by Gasteiger charge is -2.01. The first-order chi connectivity index (χ1) is 8.87. The molecule has 0 aliphatic rings. The predicted octanol–water partition coefficient (Wildman–Crippen LogP) is 1.27. The summed E-state index contributed by atoms with van der Waals surface area (Å²) in [6, 6.07) is 5.08. The Labute approximate surface area is 108 Å². The van der Waals surface area contributed by atoms with Crippen molar-refractivity contribution in [3.05, 3.63) is 47.7 Å². The standard InChI is InChI=1S/C11H11N2O5P/c14-11(15)9-7-13-8(3-1-5-10(13)12-9)4-2-6-19(16,17)18/h1-3,5-7H,4H2,(H,14,15)(H2,16,17,18)/b6-2+. The van der Waals surface area contributed by atoms with Crippen LogP contribution >= 0.6 is 7.60 Å². The summed E-state index contributed by atoms with van der Waals surface area (Å²) in [5.41, 5.74) is 1.08. The normalized spacial score (nSPS) is 12.3. The van der Waals surface area contributed by atoms with Crippen LogP contribution in [0.3, 0.4) is 0 Å². The molecular weight excluding hydrogens is 271 g/mol. The van der Waals surface area contributed by atoms with Crippen LogP contribution in [0.5, 0.6) is 0 Å². The van der Waals surface area contributed by atoms with Crippen molar-refractivity contribution < 1.29 is 24.3 Å². The predicted molar refractivity (Wildman–Crippen MR) is 67.0 cm³/mol. The number of rotatable bonds is 4. The quantitative estimate of drug-likeness (QED) is 0.728. The Kier molecular flexibility index (Phi) is 3.53. The molecule has 0 saturated heterocycles. The van der Waals surface area contributed by atoms with Gasteiger partial charge >= 0.3 is 13.6 Å². The second kappa shape index (κ2) is 4.97. The van der Waals surface area contributed by atoms with Crippen LogP contribution in [-0.4, -0.2) is 30.2 Å². The van der Waals surface area contributed by atoms with Gasteiger partial charge < -0.3 is 19.3 Å². The maximum atomic E-state index is 10.8. The molecule has 0 saturated carbocycles. The van der Waals surface area contributed by atoms with E-state index in [4.69, 9.17) is 14.9 Å². The Morgan fingerprint density at radius 2 is 2.16 bits per heavy atom. The SMILES string of the molecule is O=C(O)c1cn2c(C/C=C/P(=O)(O)O)cccc2n1. The zero-order valence-electron chi connectivity index (χ0n) is 9.67. The van der Waals surface area contributed by atoms with E-state index < -0.39 is 13.6 Å². The molecule has 19 heavy (non-hydrogen) atoms. The number of aromatic nitrogens is 2. The van der Waals surface area contributed by atoms with Gasteiger partial charge in [0.25, 0.3) is 0 Å². The fourth-order valence-electron chi connectivity index (χ4n) is 1.65. The monoisotopic (exact) mass is 282 g/mol. The second-order valence-electron chi connectivity index (χ2n) is 3.85. The lowest BCUT2D eigenvalue weighted by molar-refractivity contribution is 0.0691. The molecule has 7 nitrogen and oxygen atoms in total. The van der Waals surface area contributed by atoms with E-state index in [9.17, 15) is 9.36 Å². The maximum absolute atomic E-state index is 10.8. The van der Waals surface area contributed by atoms with Gasteiger partial charge in [-0.3, -0.25) is 4.57 Å². The van der Waals surface area contributed by atoms with Gasteiger partial charge in [0, 0.05) is 24.1 Å². The van der Waals surface area contributed by atoms with E-state index in [1.807, 2.05) is 0 Å². The highest BCUT2D eigenvalue weighted by molar-refractivity contribution is 7.55. The van der Waals surface area contributed by atoms with Crippen molar-refractivity contribution in [2.45, 2.75) is 6.42 Å². The number of nitrogens with zero attached hydrogens (tertiary/aromatic N) is 2. The number of imidazole rings is 1. The van der Waals surface area contributed by atoms with E-state index in [2.05, 4.69) is 4.98 Å². The summed E-state index contributed by atoms with van der Waals surface area (Å²) in [5, 5.41) is 8.87. The van der Waals surface area contributed by atoms with Crippen molar-refractivity contribution in [1.82, 2.24) is 9.38 Å². The van der Waals surface area contributed by atoms with Crippen LogP contribution in [0.25, 0.3) is 5.65 Å². The van der Waals surface area contributed by atoms with Crippen LogP contribution in [0.1, 0.15) is 16.2 Å². The van der Waals surface area contributed by atoms with Gasteiger partial charge in [0.2, 0.25) is 0 Å². The molecule has 0 radical (unpaired) electrons. The summed E-state index contributed by atoms with van der Waals surface area (Å²) < 4.78 is 12.3. The first-order valence-corrected chi connectivity index (χ1v) is 6.98. The van der Waals surface area contributed by atoms with Gasteiger partial charge in [-0.15, -0.1) is 0 Å². The molecule has 2 aromatic rings.